The fourth-order valence-corrected chi connectivity index (χ4v) is 3.39. The molecule has 0 fully saturated rings. The van der Waals surface area contributed by atoms with Crippen molar-refractivity contribution in [3.8, 4) is 11.1 Å². The standard InChI is InChI=1S/C22H17F9N2O/c23-20(24,25)14-6-13(7-15(8-14)21(26,27)28)18(34)11-32-10-17-19(12-4-2-1-3-5-12)16(9-33-17)22(29,30)31/h1-9,18,32-34H,10-11H2. The summed E-state index contributed by atoms with van der Waals surface area (Å²) < 4.78 is 118. The quantitative estimate of drug-likeness (QED) is 0.339. The Balaban J connectivity index is 1.82. The molecule has 12 heteroatoms. The minimum absolute atomic E-state index is 0.0621. The predicted octanol–water partition coefficient (Wildman–Crippen LogP) is 6.56. The van der Waals surface area contributed by atoms with Crippen LogP contribution in [0.5, 0.6) is 0 Å². The van der Waals surface area contributed by atoms with Gasteiger partial charge >= 0.3 is 18.5 Å². The second-order valence-corrected chi connectivity index (χ2v) is 7.41. The Hall–Kier alpha value is -2.99. The van der Waals surface area contributed by atoms with Crippen LogP contribution in [0, 0.1) is 0 Å². The average Bonchev–Trinajstić information content (AvgIpc) is 3.17. The van der Waals surface area contributed by atoms with Crippen LogP contribution >= 0.6 is 0 Å². The highest BCUT2D eigenvalue weighted by Crippen LogP contribution is 2.40. The van der Waals surface area contributed by atoms with Gasteiger partial charge in [0.25, 0.3) is 0 Å². The monoisotopic (exact) mass is 496 g/mol. The van der Waals surface area contributed by atoms with E-state index in [0.717, 1.165) is 6.20 Å². The molecular formula is C22H17F9N2O. The molecule has 0 aliphatic heterocycles. The third-order valence-electron chi connectivity index (χ3n) is 4.96. The highest BCUT2D eigenvalue weighted by Gasteiger charge is 2.38. The lowest BCUT2D eigenvalue weighted by Crippen LogP contribution is -2.22. The van der Waals surface area contributed by atoms with Crippen molar-refractivity contribution in [3.05, 3.63) is 82.7 Å². The summed E-state index contributed by atoms with van der Waals surface area (Å²) in [4.78, 5) is 2.49. The second kappa shape index (κ2) is 9.34. The van der Waals surface area contributed by atoms with E-state index in [0.29, 0.717) is 12.1 Å². The van der Waals surface area contributed by atoms with Gasteiger partial charge < -0.3 is 15.4 Å². The van der Waals surface area contributed by atoms with Crippen LogP contribution in [-0.2, 0) is 25.1 Å². The zero-order valence-electron chi connectivity index (χ0n) is 17.0. The number of hydrogen-bond acceptors (Lipinski definition) is 2. The van der Waals surface area contributed by atoms with Crippen LogP contribution in [0.1, 0.15) is 34.1 Å². The molecular weight excluding hydrogens is 479 g/mol. The first-order valence-corrected chi connectivity index (χ1v) is 9.69. The van der Waals surface area contributed by atoms with Gasteiger partial charge in [0.05, 0.1) is 22.8 Å². The first-order chi connectivity index (χ1) is 15.7. The number of benzene rings is 2. The number of aromatic amines is 1. The number of H-pyrrole nitrogens is 1. The summed E-state index contributed by atoms with van der Waals surface area (Å²) in [6.45, 7) is -0.796. The zero-order chi connectivity index (χ0) is 25.3. The molecule has 0 spiro atoms. The number of aromatic nitrogens is 1. The van der Waals surface area contributed by atoms with Crippen LogP contribution in [-0.4, -0.2) is 16.6 Å². The molecule has 0 aliphatic carbocycles. The van der Waals surface area contributed by atoms with Crippen molar-refractivity contribution < 1.29 is 44.6 Å². The molecule has 0 aliphatic rings. The topological polar surface area (TPSA) is 48.0 Å². The Morgan fingerprint density at radius 3 is 1.85 bits per heavy atom. The first kappa shape index (κ1) is 25.6. The van der Waals surface area contributed by atoms with Gasteiger partial charge in [-0.05, 0) is 29.3 Å². The van der Waals surface area contributed by atoms with Gasteiger partial charge in [-0.2, -0.15) is 39.5 Å². The van der Waals surface area contributed by atoms with Crippen LogP contribution in [0.4, 0.5) is 39.5 Å². The molecule has 2 aromatic carbocycles. The summed E-state index contributed by atoms with van der Waals surface area (Å²) in [5.41, 5.74) is -4.58. The Morgan fingerprint density at radius 2 is 1.35 bits per heavy atom. The number of rotatable bonds is 6. The molecule has 34 heavy (non-hydrogen) atoms. The Morgan fingerprint density at radius 1 is 0.794 bits per heavy atom. The third-order valence-corrected chi connectivity index (χ3v) is 4.96. The zero-order valence-corrected chi connectivity index (χ0v) is 17.0. The van der Waals surface area contributed by atoms with E-state index in [2.05, 4.69) is 10.3 Å². The summed E-state index contributed by atoms with van der Waals surface area (Å²) in [7, 11) is 0. The normalized spacial score (nSPS) is 13.8. The Bertz CT molecular complexity index is 1080. The molecule has 3 aromatic rings. The van der Waals surface area contributed by atoms with Gasteiger partial charge in [0.1, 0.15) is 0 Å². The van der Waals surface area contributed by atoms with Crippen molar-refractivity contribution in [2.24, 2.45) is 0 Å². The number of aliphatic hydroxyl groups excluding tert-OH is 1. The van der Waals surface area contributed by atoms with Crippen molar-refractivity contribution in [2.45, 2.75) is 31.2 Å². The molecule has 0 saturated carbocycles. The molecule has 1 aromatic heterocycles. The maximum absolute atomic E-state index is 13.4. The lowest BCUT2D eigenvalue weighted by Gasteiger charge is -2.18. The van der Waals surface area contributed by atoms with E-state index in [4.69, 9.17) is 0 Å². The number of hydrogen-bond donors (Lipinski definition) is 3. The summed E-state index contributed by atoms with van der Waals surface area (Å²) in [5, 5.41) is 12.8. The lowest BCUT2D eigenvalue weighted by molar-refractivity contribution is -0.143. The third kappa shape index (κ3) is 5.92. The fourth-order valence-electron chi connectivity index (χ4n) is 3.39. The van der Waals surface area contributed by atoms with Crippen LogP contribution in [0.3, 0.4) is 0 Å². The molecule has 1 unspecified atom stereocenters. The summed E-state index contributed by atoms with van der Waals surface area (Å²) in [6, 6.07) is 8.33. The fraction of sp³-hybridized carbons (Fsp3) is 0.273. The van der Waals surface area contributed by atoms with Gasteiger partial charge in [0, 0.05) is 30.5 Å². The van der Waals surface area contributed by atoms with E-state index < -0.39 is 53.4 Å². The van der Waals surface area contributed by atoms with Gasteiger partial charge in [0.15, 0.2) is 0 Å². The van der Waals surface area contributed by atoms with E-state index in [1.54, 1.807) is 6.07 Å². The predicted molar refractivity (Wildman–Crippen MR) is 104 cm³/mol. The summed E-state index contributed by atoms with van der Waals surface area (Å²) in [5.74, 6) is 0. The number of alkyl halides is 9. The van der Waals surface area contributed by atoms with Crippen molar-refractivity contribution in [1.29, 1.82) is 0 Å². The van der Waals surface area contributed by atoms with Gasteiger partial charge in [0.2, 0.25) is 0 Å². The largest absolute Gasteiger partial charge is 0.418 e. The van der Waals surface area contributed by atoms with Crippen LogP contribution in [0.2, 0.25) is 0 Å². The van der Waals surface area contributed by atoms with E-state index in [1.165, 1.54) is 24.3 Å². The maximum atomic E-state index is 13.4. The molecule has 3 N–H and O–H groups in total. The summed E-state index contributed by atoms with van der Waals surface area (Å²) in [6.07, 6.45) is -15.9. The number of halogens is 9. The van der Waals surface area contributed by atoms with Crippen LogP contribution in [0.25, 0.3) is 11.1 Å². The first-order valence-electron chi connectivity index (χ1n) is 9.69. The van der Waals surface area contributed by atoms with Gasteiger partial charge in [-0.3, -0.25) is 0 Å². The Kier molecular flexibility index (Phi) is 7.04. The maximum Gasteiger partial charge on any atom is 0.418 e. The molecule has 1 atom stereocenters. The molecule has 1 heterocycles. The molecule has 0 radical (unpaired) electrons. The molecule has 3 nitrogen and oxygen atoms in total. The molecule has 0 saturated heterocycles. The van der Waals surface area contributed by atoms with E-state index in [-0.39, 0.29) is 29.4 Å². The highest BCUT2D eigenvalue weighted by atomic mass is 19.4. The molecule has 184 valence electrons. The molecule has 3 rings (SSSR count). The molecule has 0 bridgehead atoms. The van der Waals surface area contributed by atoms with Gasteiger partial charge in [-0.15, -0.1) is 0 Å². The highest BCUT2D eigenvalue weighted by molar-refractivity contribution is 5.71. The minimum atomic E-state index is -5.08. The Labute approximate surface area is 187 Å². The van der Waals surface area contributed by atoms with E-state index in [9.17, 15) is 44.6 Å². The molecule has 0 amide bonds. The SMILES string of the molecule is OC(CNCc1[nH]cc(C(F)(F)F)c1-c1ccccc1)c1cc(C(F)(F)F)cc(C(F)(F)F)c1. The average molecular weight is 496 g/mol. The van der Waals surface area contributed by atoms with Crippen molar-refractivity contribution in [3.63, 3.8) is 0 Å². The van der Waals surface area contributed by atoms with Gasteiger partial charge in [-0.1, -0.05) is 30.3 Å². The van der Waals surface area contributed by atoms with Crippen LogP contribution < -0.4 is 5.32 Å². The minimum Gasteiger partial charge on any atom is -0.387 e. The van der Waals surface area contributed by atoms with Crippen molar-refractivity contribution >= 4 is 0 Å². The van der Waals surface area contributed by atoms with E-state index in [1.807, 2.05) is 0 Å². The van der Waals surface area contributed by atoms with E-state index >= 15 is 0 Å². The number of aliphatic hydroxyl groups is 1. The van der Waals surface area contributed by atoms with Crippen LogP contribution in [0.15, 0.2) is 54.7 Å². The number of nitrogens with one attached hydrogen (secondary N) is 2. The van der Waals surface area contributed by atoms with Crippen molar-refractivity contribution in [1.82, 2.24) is 10.3 Å². The van der Waals surface area contributed by atoms with Crippen molar-refractivity contribution in [2.75, 3.05) is 6.54 Å². The summed E-state index contributed by atoms with van der Waals surface area (Å²) >= 11 is 0. The lowest BCUT2D eigenvalue weighted by atomic mass is 10.00. The van der Waals surface area contributed by atoms with Gasteiger partial charge in [-0.25, -0.2) is 0 Å². The smallest absolute Gasteiger partial charge is 0.387 e. The second-order valence-electron chi connectivity index (χ2n) is 7.41.